The van der Waals surface area contributed by atoms with Gasteiger partial charge in [0.1, 0.15) is 5.15 Å². The van der Waals surface area contributed by atoms with Gasteiger partial charge in [0.05, 0.1) is 5.56 Å². The molecule has 6 nitrogen and oxygen atoms in total. The first-order valence-corrected chi connectivity index (χ1v) is 7.65. The minimum Gasteiger partial charge on any atom is -0.452 e. The first-order chi connectivity index (χ1) is 11.5. The van der Waals surface area contributed by atoms with Gasteiger partial charge in [0, 0.05) is 32.5 Å². The Balaban J connectivity index is 1.77. The van der Waals surface area contributed by atoms with Gasteiger partial charge in [-0.1, -0.05) is 23.7 Å². The summed E-state index contributed by atoms with van der Waals surface area (Å²) in [5.41, 5.74) is 2.28. The molecule has 0 atom stereocenters. The fraction of sp³-hybridized carbons (Fsp3) is 0.235. The van der Waals surface area contributed by atoms with Gasteiger partial charge in [0.25, 0.3) is 5.91 Å². The number of hydrogen-bond donors (Lipinski definition) is 1. The van der Waals surface area contributed by atoms with Gasteiger partial charge in [-0.15, -0.1) is 0 Å². The lowest BCUT2D eigenvalue weighted by Gasteiger charge is -2.13. The summed E-state index contributed by atoms with van der Waals surface area (Å²) in [5.74, 6) is -0.994. The van der Waals surface area contributed by atoms with Crippen LogP contribution in [-0.4, -0.2) is 37.6 Å². The Kier molecular flexibility index (Phi) is 6.14. The van der Waals surface area contributed by atoms with E-state index in [0.717, 1.165) is 11.3 Å². The first kappa shape index (κ1) is 17.7. The number of hydrogen-bond acceptors (Lipinski definition) is 5. The summed E-state index contributed by atoms with van der Waals surface area (Å²) in [6, 6.07) is 10.8. The van der Waals surface area contributed by atoms with E-state index in [9.17, 15) is 9.59 Å². The van der Waals surface area contributed by atoms with Crippen molar-refractivity contribution in [3.05, 3.63) is 58.9 Å². The predicted octanol–water partition coefficient (Wildman–Crippen LogP) is 2.27. The normalized spacial score (nSPS) is 10.1. The summed E-state index contributed by atoms with van der Waals surface area (Å²) in [6.45, 7) is 0.0177. The predicted molar refractivity (Wildman–Crippen MR) is 92.1 cm³/mol. The standard InChI is InChI=1S/C17H18ClN3O3/c1-21(2)14-6-3-12(4-7-14)9-20-16(22)11-24-17(23)13-5-8-15(18)19-10-13/h3-8,10H,9,11H2,1-2H3,(H,20,22). The van der Waals surface area contributed by atoms with E-state index in [2.05, 4.69) is 10.3 Å². The highest BCUT2D eigenvalue weighted by Gasteiger charge is 2.10. The molecule has 1 amide bonds. The van der Waals surface area contributed by atoms with Crippen molar-refractivity contribution < 1.29 is 14.3 Å². The van der Waals surface area contributed by atoms with Gasteiger partial charge in [0.2, 0.25) is 0 Å². The molecule has 0 bridgehead atoms. The van der Waals surface area contributed by atoms with Gasteiger partial charge in [-0.2, -0.15) is 0 Å². The van der Waals surface area contributed by atoms with E-state index >= 15 is 0 Å². The lowest BCUT2D eigenvalue weighted by molar-refractivity contribution is -0.124. The van der Waals surface area contributed by atoms with Crippen molar-refractivity contribution in [3.8, 4) is 0 Å². The monoisotopic (exact) mass is 347 g/mol. The van der Waals surface area contributed by atoms with Crippen LogP contribution in [0, 0.1) is 0 Å². The second-order valence-electron chi connectivity index (χ2n) is 5.28. The van der Waals surface area contributed by atoms with E-state index in [0.29, 0.717) is 6.54 Å². The fourth-order valence-electron chi connectivity index (χ4n) is 1.87. The molecule has 2 aromatic rings. The van der Waals surface area contributed by atoms with Crippen LogP contribution in [0.5, 0.6) is 0 Å². The zero-order valence-corrected chi connectivity index (χ0v) is 14.2. The maximum absolute atomic E-state index is 11.7. The summed E-state index contributed by atoms with van der Waals surface area (Å²) in [6.07, 6.45) is 1.30. The van der Waals surface area contributed by atoms with Crippen LogP contribution in [-0.2, 0) is 16.1 Å². The van der Waals surface area contributed by atoms with Crippen LogP contribution in [0.25, 0.3) is 0 Å². The second kappa shape index (κ2) is 8.31. The Hall–Kier alpha value is -2.60. The number of carbonyl (C=O) groups is 2. The largest absolute Gasteiger partial charge is 0.452 e. The molecule has 0 saturated heterocycles. The Morgan fingerprint density at radius 3 is 2.46 bits per heavy atom. The molecule has 0 aliphatic heterocycles. The summed E-state index contributed by atoms with van der Waals surface area (Å²) < 4.78 is 4.93. The molecule has 0 radical (unpaired) electrons. The lowest BCUT2D eigenvalue weighted by atomic mass is 10.2. The van der Waals surface area contributed by atoms with Gasteiger partial charge < -0.3 is 15.0 Å². The van der Waals surface area contributed by atoms with Crippen molar-refractivity contribution >= 4 is 29.2 Å². The highest BCUT2D eigenvalue weighted by molar-refractivity contribution is 6.29. The molecule has 24 heavy (non-hydrogen) atoms. The minimum absolute atomic E-state index is 0.242. The number of ether oxygens (including phenoxy) is 1. The number of benzene rings is 1. The third-order valence-corrected chi connectivity index (χ3v) is 3.46. The lowest BCUT2D eigenvalue weighted by Crippen LogP contribution is -2.28. The van der Waals surface area contributed by atoms with Crippen molar-refractivity contribution in [2.75, 3.05) is 25.6 Å². The van der Waals surface area contributed by atoms with E-state index in [1.54, 1.807) is 0 Å². The Bertz CT molecular complexity index is 700. The molecule has 0 fully saturated rings. The zero-order valence-electron chi connectivity index (χ0n) is 13.5. The van der Waals surface area contributed by atoms with Crippen LogP contribution in [0.1, 0.15) is 15.9 Å². The number of pyridine rings is 1. The number of anilines is 1. The van der Waals surface area contributed by atoms with Gasteiger partial charge in [-0.3, -0.25) is 4.79 Å². The molecule has 0 aliphatic rings. The summed E-state index contributed by atoms with van der Waals surface area (Å²) in [7, 11) is 3.92. The number of halogens is 1. The first-order valence-electron chi connectivity index (χ1n) is 7.27. The second-order valence-corrected chi connectivity index (χ2v) is 5.67. The number of aromatic nitrogens is 1. The number of amides is 1. The number of carbonyl (C=O) groups excluding carboxylic acids is 2. The molecule has 0 unspecified atom stereocenters. The number of nitrogens with zero attached hydrogens (tertiary/aromatic N) is 2. The summed E-state index contributed by atoms with van der Waals surface area (Å²) >= 11 is 5.64. The molecular formula is C17H18ClN3O3. The van der Waals surface area contributed by atoms with Crippen LogP contribution in [0.4, 0.5) is 5.69 Å². The molecule has 126 valence electrons. The van der Waals surface area contributed by atoms with E-state index in [-0.39, 0.29) is 23.2 Å². The SMILES string of the molecule is CN(C)c1ccc(CNC(=O)COC(=O)c2ccc(Cl)nc2)cc1. The third-order valence-electron chi connectivity index (χ3n) is 3.24. The molecular weight excluding hydrogens is 330 g/mol. The molecule has 1 heterocycles. The highest BCUT2D eigenvalue weighted by Crippen LogP contribution is 2.12. The minimum atomic E-state index is -0.621. The highest BCUT2D eigenvalue weighted by atomic mass is 35.5. The van der Waals surface area contributed by atoms with Gasteiger partial charge in [0.15, 0.2) is 6.61 Å². The van der Waals surface area contributed by atoms with E-state index in [1.165, 1.54) is 18.3 Å². The van der Waals surface area contributed by atoms with E-state index in [4.69, 9.17) is 16.3 Å². The average Bonchev–Trinajstić information content (AvgIpc) is 2.58. The Morgan fingerprint density at radius 2 is 1.88 bits per heavy atom. The smallest absolute Gasteiger partial charge is 0.340 e. The molecule has 1 aromatic heterocycles. The van der Waals surface area contributed by atoms with Crippen LogP contribution >= 0.6 is 11.6 Å². The number of nitrogens with one attached hydrogen (secondary N) is 1. The summed E-state index contributed by atoms with van der Waals surface area (Å²) in [5, 5.41) is 2.98. The fourth-order valence-corrected chi connectivity index (χ4v) is 1.99. The van der Waals surface area contributed by atoms with Crippen molar-refractivity contribution in [2.45, 2.75) is 6.54 Å². The third kappa shape index (κ3) is 5.24. The average molecular weight is 348 g/mol. The molecule has 0 aliphatic carbocycles. The quantitative estimate of drug-likeness (QED) is 0.641. The van der Waals surface area contributed by atoms with Gasteiger partial charge in [-0.25, -0.2) is 9.78 Å². The zero-order chi connectivity index (χ0) is 17.5. The van der Waals surface area contributed by atoms with Crippen LogP contribution < -0.4 is 10.2 Å². The molecule has 1 N–H and O–H groups in total. The number of esters is 1. The Labute approximate surface area is 145 Å². The molecule has 1 aromatic carbocycles. The number of rotatable bonds is 6. The molecule has 0 saturated carbocycles. The topological polar surface area (TPSA) is 71.5 Å². The van der Waals surface area contributed by atoms with Gasteiger partial charge >= 0.3 is 5.97 Å². The van der Waals surface area contributed by atoms with E-state index in [1.807, 2.05) is 43.3 Å². The van der Waals surface area contributed by atoms with Crippen molar-refractivity contribution in [3.63, 3.8) is 0 Å². The molecule has 7 heteroatoms. The van der Waals surface area contributed by atoms with E-state index < -0.39 is 5.97 Å². The van der Waals surface area contributed by atoms with Crippen molar-refractivity contribution in [1.82, 2.24) is 10.3 Å². The molecule has 0 spiro atoms. The van der Waals surface area contributed by atoms with Gasteiger partial charge in [-0.05, 0) is 29.8 Å². The van der Waals surface area contributed by atoms with Crippen molar-refractivity contribution in [2.24, 2.45) is 0 Å². The van der Waals surface area contributed by atoms with Crippen molar-refractivity contribution in [1.29, 1.82) is 0 Å². The van der Waals surface area contributed by atoms with Crippen LogP contribution in [0.15, 0.2) is 42.6 Å². The maximum atomic E-state index is 11.7. The summed E-state index contributed by atoms with van der Waals surface area (Å²) in [4.78, 5) is 29.3. The maximum Gasteiger partial charge on any atom is 0.340 e. The molecule has 2 rings (SSSR count). The van der Waals surface area contributed by atoms with Crippen LogP contribution in [0.2, 0.25) is 5.15 Å². The van der Waals surface area contributed by atoms with Crippen LogP contribution in [0.3, 0.4) is 0 Å². The Morgan fingerprint density at radius 1 is 1.17 bits per heavy atom.